The summed E-state index contributed by atoms with van der Waals surface area (Å²) in [6, 6.07) is 18.3. The average molecular weight is 363 g/mol. The molecule has 3 aromatic rings. The smallest absolute Gasteiger partial charge is 0.203 e. The molecule has 5 heteroatoms. The van der Waals surface area contributed by atoms with E-state index in [4.69, 9.17) is 4.74 Å². The number of nitrogens with one attached hydrogen (secondary N) is 1. The zero-order valence-corrected chi connectivity index (χ0v) is 15.3. The van der Waals surface area contributed by atoms with Crippen LogP contribution in [-0.2, 0) is 11.3 Å². The number of rotatable bonds is 8. The summed E-state index contributed by atoms with van der Waals surface area (Å²) in [5, 5.41) is 7.17. The van der Waals surface area contributed by atoms with Gasteiger partial charge in [0.15, 0.2) is 0 Å². The molecule has 0 radical (unpaired) electrons. The molecule has 132 valence electrons. The Kier molecular flexibility index (Phi) is 5.38. The Bertz CT molecular complexity index is 872. The molecule has 1 aromatic heterocycles. The fourth-order valence-electron chi connectivity index (χ4n) is 2.64. The van der Waals surface area contributed by atoms with Gasteiger partial charge in [0.1, 0.15) is 0 Å². The maximum absolute atomic E-state index is 5.81. The Morgan fingerprint density at radius 3 is 2.77 bits per heavy atom. The lowest BCUT2D eigenvalue weighted by molar-refractivity contribution is 0.111. The first-order valence-electron chi connectivity index (χ1n) is 8.84. The summed E-state index contributed by atoms with van der Waals surface area (Å²) < 4.78 is 5.81. The van der Waals surface area contributed by atoms with Crippen molar-refractivity contribution >= 4 is 22.7 Å². The Morgan fingerprint density at radius 2 is 1.92 bits per heavy atom. The lowest BCUT2D eigenvalue weighted by Gasteiger charge is -2.06. The number of hydrogen-bond donors (Lipinski definition) is 1. The number of aromatic nitrogens is 1. The minimum absolute atomic E-state index is 0.633. The lowest BCUT2D eigenvalue weighted by Crippen LogP contribution is -2.00. The molecule has 1 aliphatic carbocycles. The van der Waals surface area contributed by atoms with Gasteiger partial charge in [0.05, 0.1) is 18.5 Å². The number of thiazole rings is 1. The van der Waals surface area contributed by atoms with Crippen LogP contribution in [0.3, 0.4) is 0 Å². The molecular weight excluding hydrogens is 342 g/mol. The van der Waals surface area contributed by atoms with E-state index in [1.807, 2.05) is 41.9 Å². The molecule has 1 N–H and O–H groups in total. The molecule has 4 nitrogen and oxygen atoms in total. The molecule has 0 atom stereocenters. The summed E-state index contributed by atoms with van der Waals surface area (Å²) in [5.74, 6) is 0.779. The van der Waals surface area contributed by atoms with Crippen LogP contribution in [0.1, 0.15) is 24.0 Å². The van der Waals surface area contributed by atoms with Gasteiger partial charge in [0, 0.05) is 23.1 Å². The summed E-state index contributed by atoms with van der Waals surface area (Å²) >= 11 is 1.55. The van der Waals surface area contributed by atoms with Gasteiger partial charge in [-0.1, -0.05) is 54.6 Å². The standard InChI is InChI=1S/C21H21N3OS/c1-2-6-17(7-3-1)20-15-26-21(23-20)24-22-12-18-8-4-5-9-19(18)14-25-13-16-10-11-16/h1-9,12,15-16H,10-11,13-14H2,(H,23,24). The highest BCUT2D eigenvalue weighted by Crippen LogP contribution is 2.29. The Balaban J connectivity index is 1.37. The monoisotopic (exact) mass is 363 g/mol. The summed E-state index contributed by atoms with van der Waals surface area (Å²) in [5.41, 5.74) is 7.32. The van der Waals surface area contributed by atoms with Crippen molar-refractivity contribution in [3.05, 3.63) is 71.1 Å². The second-order valence-electron chi connectivity index (χ2n) is 6.43. The second kappa shape index (κ2) is 8.25. The highest BCUT2D eigenvalue weighted by atomic mass is 32.1. The third-order valence-corrected chi connectivity index (χ3v) is 5.05. The Morgan fingerprint density at radius 1 is 1.12 bits per heavy atom. The van der Waals surface area contributed by atoms with Crippen LogP contribution in [0.5, 0.6) is 0 Å². The third kappa shape index (κ3) is 4.56. The van der Waals surface area contributed by atoms with Crippen molar-refractivity contribution in [3.8, 4) is 11.3 Å². The fourth-order valence-corrected chi connectivity index (χ4v) is 3.30. The maximum Gasteiger partial charge on any atom is 0.203 e. The first kappa shape index (κ1) is 16.9. The van der Waals surface area contributed by atoms with Crippen LogP contribution in [0.4, 0.5) is 5.13 Å². The van der Waals surface area contributed by atoms with Crippen molar-refractivity contribution in [1.29, 1.82) is 0 Å². The minimum atomic E-state index is 0.633. The fraction of sp³-hybridized carbons (Fsp3) is 0.238. The normalized spacial score (nSPS) is 14.0. The van der Waals surface area contributed by atoms with E-state index in [2.05, 4.69) is 39.8 Å². The van der Waals surface area contributed by atoms with Crippen molar-refractivity contribution in [2.45, 2.75) is 19.4 Å². The van der Waals surface area contributed by atoms with Crippen molar-refractivity contribution < 1.29 is 4.74 Å². The molecule has 0 aliphatic heterocycles. The van der Waals surface area contributed by atoms with Gasteiger partial charge in [-0.15, -0.1) is 11.3 Å². The summed E-state index contributed by atoms with van der Waals surface area (Å²) in [6.07, 6.45) is 4.46. The number of anilines is 1. The van der Waals surface area contributed by atoms with E-state index in [0.29, 0.717) is 6.61 Å². The average Bonchev–Trinajstić information content (AvgIpc) is 3.39. The SMILES string of the molecule is C(=NNc1nc(-c2ccccc2)cs1)c1ccccc1COCC1CC1. The Hall–Kier alpha value is -2.50. The number of hydrogen-bond acceptors (Lipinski definition) is 5. The molecule has 0 bridgehead atoms. The van der Waals surface area contributed by atoms with Gasteiger partial charge in [0.25, 0.3) is 0 Å². The van der Waals surface area contributed by atoms with Crippen LogP contribution < -0.4 is 5.43 Å². The molecule has 0 spiro atoms. The van der Waals surface area contributed by atoms with Crippen LogP contribution in [0.25, 0.3) is 11.3 Å². The van der Waals surface area contributed by atoms with Crippen LogP contribution in [0, 0.1) is 5.92 Å². The first-order chi connectivity index (χ1) is 12.9. The maximum atomic E-state index is 5.81. The van der Waals surface area contributed by atoms with Gasteiger partial charge in [0.2, 0.25) is 5.13 Å². The molecule has 4 rings (SSSR count). The lowest BCUT2D eigenvalue weighted by atomic mass is 10.1. The Labute approximate surface area is 157 Å². The van der Waals surface area contributed by atoms with Gasteiger partial charge in [-0.05, 0) is 24.3 Å². The van der Waals surface area contributed by atoms with E-state index in [0.717, 1.165) is 40.0 Å². The molecule has 2 aromatic carbocycles. The molecule has 1 heterocycles. The minimum Gasteiger partial charge on any atom is -0.376 e. The molecule has 0 saturated heterocycles. The van der Waals surface area contributed by atoms with Crippen LogP contribution in [0.2, 0.25) is 0 Å². The zero-order chi connectivity index (χ0) is 17.6. The number of nitrogens with zero attached hydrogens (tertiary/aromatic N) is 2. The summed E-state index contributed by atoms with van der Waals surface area (Å²) in [4.78, 5) is 4.58. The van der Waals surface area contributed by atoms with Crippen molar-refractivity contribution in [2.24, 2.45) is 11.0 Å². The topological polar surface area (TPSA) is 46.5 Å². The van der Waals surface area contributed by atoms with Crippen LogP contribution in [-0.4, -0.2) is 17.8 Å². The highest BCUT2D eigenvalue weighted by molar-refractivity contribution is 7.14. The molecular formula is C21H21N3OS. The summed E-state index contributed by atoms with van der Waals surface area (Å²) in [6.45, 7) is 1.50. The van der Waals surface area contributed by atoms with E-state index >= 15 is 0 Å². The number of benzene rings is 2. The highest BCUT2D eigenvalue weighted by Gasteiger charge is 2.21. The van der Waals surface area contributed by atoms with Crippen molar-refractivity contribution in [2.75, 3.05) is 12.0 Å². The van der Waals surface area contributed by atoms with Gasteiger partial charge >= 0.3 is 0 Å². The van der Waals surface area contributed by atoms with Gasteiger partial charge in [-0.2, -0.15) is 5.10 Å². The number of ether oxygens (including phenoxy) is 1. The van der Waals surface area contributed by atoms with E-state index in [1.54, 1.807) is 11.3 Å². The molecule has 0 amide bonds. The largest absolute Gasteiger partial charge is 0.376 e. The second-order valence-corrected chi connectivity index (χ2v) is 7.29. The van der Waals surface area contributed by atoms with Crippen LogP contribution in [0.15, 0.2) is 65.1 Å². The predicted molar refractivity (Wildman–Crippen MR) is 108 cm³/mol. The summed E-state index contributed by atoms with van der Waals surface area (Å²) in [7, 11) is 0. The first-order valence-corrected chi connectivity index (χ1v) is 9.72. The quantitative estimate of drug-likeness (QED) is 0.443. The van der Waals surface area contributed by atoms with Crippen molar-refractivity contribution in [3.63, 3.8) is 0 Å². The molecule has 1 saturated carbocycles. The molecule has 1 fully saturated rings. The molecule has 26 heavy (non-hydrogen) atoms. The van der Waals surface area contributed by atoms with Crippen LogP contribution >= 0.6 is 11.3 Å². The van der Waals surface area contributed by atoms with E-state index in [9.17, 15) is 0 Å². The molecule has 1 aliphatic rings. The van der Waals surface area contributed by atoms with Gasteiger partial charge < -0.3 is 4.74 Å². The van der Waals surface area contributed by atoms with Crippen molar-refractivity contribution in [1.82, 2.24) is 4.98 Å². The number of hydrazone groups is 1. The van der Waals surface area contributed by atoms with E-state index in [1.165, 1.54) is 12.8 Å². The van der Waals surface area contributed by atoms with Gasteiger partial charge in [-0.3, -0.25) is 5.43 Å². The van der Waals surface area contributed by atoms with E-state index in [-0.39, 0.29) is 0 Å². The molecule has 0 unspecified atom stereocenters. The predicted octanol–water partition coefficient (Wildman–Crippen LogP) is 5.18. The van der Waals surface area contributed by atoms with E-state index < -0.39 is 0 Å². The zero-order valence-electron chi connectivity index (χ0n) is 14.5. The third-order valence-electron chi connectivity index (χ3n) is 4.30. The van der Waals surface area contributed by atoms with Gasteiger partial charge in [-0.25, -0.2) is 4.98 Å².